The molecule has 2 N–H and O–H groups in total. The summed E-state index contributed by atoms with van der Waals surface area (Å²) in [4.78, 5) is 0. The Morgan fingerprint density at radius 1 is 1.29 bits per heavy atom. The van der Waals surface area contributed by atoms with E-state index in [1.54, 1.807) is 0 Å². The Hall–Kier alpha value is -0.580. The van der Waals surface area contributed by atoms with Crippen molar-refractivity contribution in [2.75, 3.05) is 6.61 Å². The fourth-order valence-corrected chi connectivity index (χ4v) is 2.61. The molecule has 1 aliphatic rings. The highest BCUT2D eigenvalue weighted by Crippen LogP contribution is 2.31. The molecular formula is C13H17BrO3. The number of rotatable bonds is 4. The second-order valence-electron chi connectivity index (χ2n) is 4.63. The molecule has 1 fully saturated rings. The molecule has 1 aromatic carbocycles. The van der Waals surface area contributed by atoms with Crippen molar-refractivity contribution in [2.24, 2.45) is 0 Å². The van der Waals surface area contributed by atoms with Gasteiger partial charge in [-0.2, -0.15) is 0 Å². The fourth-order valence-electron chi connectivity index (χ4n) is 2.20. The molecule has 4 heteroatoms. The molecule has 17 heavy (non-hydrogen) atoms. The molecule has 2 rings (SSSR count). The number of aliphatic hydroxyl groups is 2. The van der Waals surface area contributed by atoms with E-state index in [0.717, 1.165) is 35.7 Å². The maximum atomic E-state index is 10.2. The van der Waals surface area contributed by atoms with E-state index >= 15 is 0 Å². The predicted octanol–water partition coefficient (Wildman–Crippen LogP) is 2.63. The van der Waals surface area contributed by atoms with E-state index in [9.17, 15) is 10.2 Å². The molecule has 1 aliphatic carbocycles. The summed E-state index contributed by atoms with van der Waals surface area (Å²) in [7, 11) is 0. The zero-order chi connectivity index (χ0) is 12.3. The zero-order valence-electron chi connectivity index (χ0n) is 9.66. The van der Waals surface area contributed by atoms with Gasteiger partial charge in [0.15, 0.2) is 0 Å². The summed E-state index contributed by atoms with van der Waals surface area (Å²) in [6.45, 7) is 0.245. The SMILES string of the molecule is OCc1cc(Br)ccc1OCC1(O)CCCC1. The van der Waals surface area contributed by atoms with Crippen LogP contribution in [0.3, 0.4) is 0 Å². The molecule has 0 aromatic heterocycles. The maximum absolute atomic E-state index is 10.2. The molecule has 0 unspecified atom stereocenters. The Labute approximate surface area is 110 Å². The molecule has 1 aromatic rings. The van der Waals surface area contributed by atoms with Gasteiger partial charge in [0.1, 0.15) is 12.4 Å². The second-order valence-corrected chi connectivity index (χ2v) is 5.55. The first-order valence-electron chi connectivity index (χ1n) is 5.87. The van der Waals surface area contributed by atoms with Gasteiger partial charge < -0.3 is 14.9 Å². The van der Waals surface area contributed by atoms with Gasteiger partial charge >= 0.3 is 0 Å². The van der Waals surface area contributed by atoms with Gasteiger partial charge in [0.05, 0.1) is 12.2 Å². The highest BCUT2D eigenvalue weighted by atomic mass is 79.9. The van der Waals surface area contributed by atoms with Gasteiger partial charge in [-0.1, -0.05) is 28.8 Å². The second kappa shape index (κ2) is 5.38. The molecule has 0 bridgehead atoms. The maximum Gasteiger partial charge on any atom is 0.125 e. The Morgan fingerprint density at radius 3 is 2.65 bits per heavy atom. The number of aliphatic hydroxyl groups excluding tert-OH is 1. The van der Waals surface area contributed by atoms with Gasteiger partial charge in [0, 0.05) is 10.0 Å². The third-order valence-electron chi connectivity index (χ3n) is 3.22. The van der Waals surface area contributed by atoms with Crippen LogP contribution < -0.4 is 4.74 Å². The van der Waals surface area contributed by atoms with Crippen LogP contribution >= 0.6 is 15.9 Å². The molecule has 0 aliphatic heterocycles. The molecule has 0 amide bonds. The quantitative estimate of drug-likeness (QED) is 0.899. The first-order chi connectivity index (χ1) is 8.13. The highest BCUT2D eigenvalue weighted by Gasteiger charge is 2.32. The smallest absolute Gasteiger partial charge is 0.125 e. The number of halogens is 1. The first-order valence-corrected chi connectivity index (χ1v) is 6.67. The van der Waals surface area contributed by atoms with Gasteiger partial charge in [-0.15, -0.1) is 0 Å². The van der Waals surface area contributed by atoms with Gasteiger partial charge in [-0.05, 0) is 31.0 Å². The van der Waals surface area contributed by atoms with Crippen LogP contribution in [0.2, 0.25) is 0 Å². The molecule has 94 valence electrons. The predicted molar refractivity (Wildman–Crippen MR) is 69.0 cm³/mol. The average Bonchev–Trinajstić information content (AvgIpc) is 2.75. The van der Waals surface area contributed by atoms with Gasteiger partial charge in [0.2, 0.25) is 0 Å². The summed E-state index contributed by atoms with van der Waals surface area (Å²) in [5.41, 5.74) is 0.0563. The lowest BCUT2D eigenvalue weighted by atomic mass is 10.0. The van der Waals surface area contributed by atoms with E-state index in [-0.39, 0.29) is 6.61 Å². The first kappa shape index (κ1) is 12.9. The van der Waals surface area contributed by atoms with Crippen LogP contribution in [0, 0.1) is 0 Å². The Balaban J connectivity index is 2.03. The van der Waals surface area contributed by atoms with Gasteiger partial charge in [-0.3, -0.25) is 0 Å². The lowest BCUT2D eigenvalue weighted by Crippen LogP contribution is -2.32. The average molecular weight is 301 g/mol. The standard InChI is InChI=1S/C13H17BrO3/c14-11-3-4-12(10(7-11)8-15)17-9-13(16)5-1-2-6-13/h3-4,7,15-16H,1-2,5-6,8-9H2. The minimum atomic E-state index is -0.681. The summed E-state index contributed by atoms with van der Waals surface area (Å²) in [6, 6.07) is 5.51. The third kappa shape index (κ3) is 3.21. The Kier molecular flexibility index (Phi) is 4.07. The van der Waals surface area contributed by atoms with Crippen molar-refractivity contribution in [1.82, 2.24) is 0 Å². The van der Waals surface area contributed by atoms with Crippen molar-refractivity contribution < 1.29 is 14.9 Å². The van der Waals surface area contributed by atoms with E-state index in [2.05, 4.69) is 15.9 Å². The highest BCUT2D eigenvalue weighted by molar-refractivity contribution is 9.10. The number of hydrogen-bond acceptors (Lipinski definition) is 3. The molecule has 0 saturated heterocycles. The topological polar surface area (TPSA) is 49.7 Å². The van der Waals surface area contributed by atoms with E-state index in [1.165, 1.54) is 0 Å². The van der Waals surface area contributed by atoms with Crippen molar-refractivity contribution in [3.63, 3.8) is 0 Å². The van der Waals surface area contributed by atoms with Crippen LogP contribution in [-0.4, -0.2) is 22.4 Å². The monoisotopic (exact) mass is 300 g/mol. The Bertz CT molecular complexity index is 386. The van der Waals surface area contributed by atoms with Crippen molar-refractivity contribution in [3.05, 3.63) is 28.2 Å². The van der Waals surface area contributed by atoms with Crippen molar-refractivity contribution in [3.8, 4) is 5.75 Å². The molecular weight excluding hydrogens is 284 g/mol. The van der Waals surface area contributed by atoms with Crippen molar-refractivity contribution in [2.45, 2.75) is 37.9 Å². The molecule has 0 spiro atoms. The van der Waals surface area contributed by atoms with Gasteiger partial charge in [0.25, 0.3) is 0 Å². The summed E-state index contributed by atoms with van der Waals surface area (Å²) >= 11 is 3.35. The molecule has 0 heterocycles. The van der Waals surface area contributed by atoms with Crippen molar-refractivity contribution in [1.29, 1.82) is 0 Å². The molecule has 3 nitrogen and oxygen atoms in total. The molecule has 0 radical (unpaired) electrons. The lowest BCUT2D eigenvalue weighted by molar-refractivity contribution is 0.000814. The largest absolute Gasteiger partial charge is 0.490 e. The van der Waals surface area contributed by atoms with E-state index < -0.39 is 5.60 Å². The van der Waals surface area contributed by atoms with Crippen LogP contribution in [0.25, 0.3) is 0 Å². The minimum absolute atomic E-state index is 0.0623. The van der Waals surface area contributed by atoms with Crippen LogP contribution in [-0.2, 0) is 6.61 Å². The number of hydrogen-bond donors (Lipinski definition) is 2. The summed E-state index contributed by atoms with van der Waals surface area (Å²) in [5, 5.41) is 19.4. The molecule has 0 atom stereocenters. The van der Waals surface area contributed by atoms with Crippen LogP contribution in [0.1, 0.15) is 31.2 Å². The van der Waals surface area contributed by atoms with E-state index in [4.69, 9.17) is 4.74 Å². The summed E-state index contributed by atoms with van der Waals surface area (Å²) in [6.07, 6.45) is 3.73. The van der Waals surface area contributed by atoms with Crippen LogP contribution in [0.5, 0.6) is 5.75 Å². The van der Waals surface area contributed by atoms with Gasteiger partial charge in [-0.25, -0.2) is 0 Å². The van der Waals surface area contributed by atoms with E-state index in [1.807, 2.05) is 18.2 Å². The lowest BCUT2D eigenvalue weighted by Gasteiger charge is -2.23. The third-order valence-corrected chi connectivity index (χ3v) is 3.72. The Morgan fingerprint density at radius 2 is 2.00 bits per heavy atom. The molecule has 1 saturated carbocycles. The van der Waals surface area contributed by atoms with Crippen LogP contribution in [0.15, 0.2) is 22.7 Å². The normalized spacial score (nSPS) is 18.3. The van der Waals surface area contributed by atoms with Crippen LogP contribution in [0.4, 0.5) is 0 Å². The van der Waals surface area contributed by atoms with E-state index in [0.29, 0.717) is 12.4 Å². The van der Waals surface area contributed by atoms with Crippen molar-refractivity contribution >= 4 is 15.9 Å². The minimum Gasteiger partial charge on any atom is -0.490 e. The fraction of sp³-hybridized carbons (Fsp3) is 0.538. The zero-order valence-corrected chi connectivity index (χ0v) is 11.2. The number of ether oxygens (including phenoxy) is 1. The number of benzene rings is 1. The summed E-state index contributed by atoms with van der Waals surface area (Å²) in [5.74, 6) is 0.649. The summed E-state index contributed by atoms with van der Waals surface area (Å²) < 4.78 is 6.55.